The van der Waals surface area contributed by atoms with Gasteiger partial charge < -0.3 is 5.11 Å². The van der Waals surface area contributed by atoms with Crippen molar-refractivity contribution in [2.75, 3.05) is 5.88 Å². The molecule has 2 heterocycles. The molecule has 6 nitrogen and oxygen atoms in total. The summed E-state index contributed by atoms with van der Waals surface area (Å²) in [6.07, 6.45) is 3.40. The zero-order chi connectivity index (χ0) is 11.9. The SMILES string of the molecule is O=C(O)C1C=CCC2C(=O)N(CS)C(=O)N12. The van der Waals surface area contributed by atoms with Crippen molar-refractivity contribution in [1.29, 1.82) is 0 Å². The molecule has 1 N–H and O–H groups in total. The van der Waals surface area contributed by atoms with Crippen molar-refractivity contribution in [1.82, 2.24) is 9.80 Å². The molecule has 16 heavy (non-hydrogen) atoms. The van der Waals surface area contributed by atoms with Crippen molar-refractivity contribution in [3.8, 4) is 0 Å². The summed E-state index contributed by atoms with van der Waals surface area (Å²) in [5.74, 6) is -1.55. The van der Waals surface area contributed by atoms with E-state index in [1.165, 1.54) is 6.08 Å². The summed E-state index contributed by atoms with van der Waals surface area (Å²) in [4.78, 5) is 36.5. The molecule has 7 heteroatoms. The summed E-state index contributed by atoms with van der Waals surface area (Å²) in [5, 5.41) is 8.95. The number of amides is 3. The lowest BCUT2D eigenvalue weighted by Gasteiger charge is -2.28. The van der Waals surface area contributed by atoms with Crippen molar-refractivity contribution < 1.29 is 19.5 Å². The van der Waals surface area contributed by atoms with Gasteiger partial charge in [-0.25, -0.2) is 9.59 Å². The molecule has 2 aliphatic heterocycles. The Morgan fingerprint density at radius 3 is 2.81 bits per heavy atom. The number of carboxylic acid groups (broad SMARTS) is 1. The van der Waals surface area contributed by atoms with Crippen LogP contribution in [0.25, 0.3) is 0 Å². The second-order valence-corrected chi connectivity index (χ2v) is 3.84. The van der Waals surface area contributed by atoms with E-state index in [2.05, 4.69) is 12.6 Å². The molecule has 0 saturated carbocycles. The first-order chi connectivity index (χ1) is 7.57. The lowest BCUT2D eigenvalue weighted by atomic mass is 10.0. The first kappa shape index (κ1) is 11.0. The van der Waals surface area contributed by atoms with Crippen molar-refractivity contribution in [3.05, 3.63) is 12.2 Å². The summed E-state index contributed by atoms with van der Waals surface area (Å²) in [6.45, 7) is 0. The van der Waals surface area contributed by atoms with Crippen LogP contribution < -0.4 is 0 Å². The topological polar surface area (TPSA) is 77.9 Å². The normalized spacial score (nSPS) is 28.6. The highest BCUT2D eigenvalue weighted by atomic mass is 32.1. The number of hydrogen-bond acceptors (Lipinski definition) is 4. The van der Waals surface area contributed by atoms with Crippen molar-refractivity contribution in [3.63, 3.8) is 0 Å². The van der Waals surface area contributed by atoms with Gasteiger partial charge in [0.05, 0.1) is 5.88 Å². The molecule has 86 valence electrons. The van der Waals surface area contributed by atoms with Crippen molar-refractivity contribution in [2.24, 2.45) is 0 Å². The van der Waals surface area contributed by atoms with Crippen LogP contribution in [0.1, 0.15) is 6.42 Å². The van der Waals surface area contributed by atoms with Gasteiger partial charge in [0.15, 0.2) is 6.04 Å². The van der Waals surface area contributed by atoms with Crippen LogP contribution in [-0.4, -0.2) is 50.8 Å². The van der Waals surface area contributed by atoms with E-state index in [1.807, 2.05) is 0 Å². The predicted molar refractivity (Wildman–Crippen MR) is 56.9 cm³/mol. The molecule has 0 aromatic carbocycles. The number of rotatable bonds is 2. The Kier molecular flexibility index (Phi) is 2.63. The minimum atomic E-state index is -1.14. The fourth-order valence-electron chi connectivity index (χ4n) is 1.95. The number of carbonyl (C=O) groups is 3. The number of thiol groups is 1. The fraction of sp³-hybridized carbons (Fsp3) is 0.444. The molecule has 1 fully saturated rings. The van der Waals surface area contributed by atoms with Crippen molar-refractivity contribution in [2.45, 2.75) is 18.5 Å². The third kappa shape index (κ3) is 1.39. The molecular weight excluding hydrogens is 232 g/mol. The van der Waals surface area contributed by atoms with E-state index in [0.29, 0.717) is 6.42 Å². The average molecular weight is 242 g/mol. The van der Waals surface area contributed by atoms with E-state index in [9.17, 15) is 14.4 Å². The lowest BCUT2D eigenvalue weighted by molar-refractivity contribution is -0.141. The molecule has 3 amide bonds. The average Bonchev–Trinajstić information content (AvgIpc) is 2.51. The summed E-state index contributed by atoms with van der Waals surface area (Å²) in [7, 11) is 0. The minimum absolute atomic E-state index is 0.0307. The summed E-state index contributed by atoms with van der Waals surface area (Å²) < 4.78 is 0. The first-order valence-electron chi connectivity index (χ1n) is 4.72. The van der Waals surface area contributed by atoms with Gasteiger partial charge in [0.1, 0.15) is 6.04 Å². The second kappa shape index (κ2) is 3.82. The maximum absolute atomic E-state index is 11.8. The molecule has 0 radical (unpaired) electrons. The summed E-state index contributed by atoms with van der Waals surface area (Å²) in [6, 6.07) is -2.33. The fourth-order valence-corrected chi connectivity index (χ4v) is 2.21. The molecule has 2 rings (SSSR count). The molecule has 0 spiro atoms. The Bertz CT molecular complexity index is 395. The van der Waals surface area contributed by atoms with E-state index in [0.717, 1.165) is 9.80 Å². The van der Waals surface area contributed by atoms with Crippen LogP contribution in [0.2, 0.25) is 0 Å². The standard InChI is InChI=1S/C9H10N2O4S/c12-7-5-2-1-3-6(8(13)14)11(5)9(15)10(7)4-16/h1,3,5-6,16H,2,4H2,(H,13,14). The molecule has 0 bridgehead atoms. The zero-order valence-electron chi connectivity index (χ0n) is 8.24. The molecule has 2 atom stereocenters. The highest BCUT2D eigenvalue weighted by Gasteiger charge is 2.49. The number of aliphatic carboxylic acids is 1. The number of nitrogens with zero attached hydrogens (tertiary/aromatic N) is 2. The minimum Gasteiger partial charge on any atom is -0.479 e. The predicted octanol–water partition coefficient (Wildman–Crippen LogP) is -0.0804. The Morgan fingerprint density at radius 2 is 2.25 bits per heavy atom. The largest absolute Gasteiger partial charge is 0.479 e. The molecule has 1 saturated heterocycles. The van der Waals surface area contributed by atoms with Gasteiger partial charge in [0, 0.05) is 0 Å². The number of carbonyl (C=O) groups excluding carboxylic acids is 2. The Morgan fingerprint density at radius 1 is 1.56 bits per heavy atom. The number of fused-ring (bicyclic) bond motifs is 1. The second-order valence-electron chi connectivity index (χ2n) is 3.56. The van der Waals surface area contributed by atoms with Gasteiger partial charge in [-0.3, -0.25) is 14.6 Å². The quantitative estimate of drug-likeness (QED) is 0.403. The Balaban J connectivity index is 2.36. The maximum atomic E-state index is 11.8. The van der Waals surface area contributed by atoms with Crippen LogP contribution in [0, 0.1) is 0 Å². The number of urea groups is 1. The highest BCUT2D eigenvalue weighted by molar-refractivity contribution is 7.80. The van der Waals surface area contributed by atoms with Gasteiger partial charge in [-0.05, 0) is 6.42 Å². The Hall–Kier alpha value is -1.50. The van der Waals surface area contributed by atoms with E-state index < -0.39 is 24.1 Å². The van der Waals surface area contributed by atoms with Crippen LogP contribution in [0.3, 0.4) is 0 Å². The van der Waals surface area contributed by atoms with E-state index in [4.69, 9.17) is 5.11 Å². The molecule has 0 aromatic rings. The molecule has 2 unspecified atom stereocenters. The first-order valence-corrected chi connectivity index (χ1v) is 5.35. The monoisotopic (exact) mass is 242 g/mol. The van der Waals surface area contributed by atoms with E-state index in [1.54, 1.807) is 6.08 Å². The van der Waals surface area contributed by atoms with Gasteiger partial charge in [0.2, 0.25) is 0 Å². The number of hydrogen-bond donors (Lipinski definition) is 2. The smallest absolute Gasteiger partial charge is 0.330 e. The zero-order valence-corrected chi connectivity index (χ0v) is 9.13. The molecule has 2 aliphatic rings. The molecular formula is C9H10N2O4S. The van der Waals surface area contributed by atoms with Crippen LogP contribution >= 0.6 is 12.6 Å². The third-order valence-corrected chi connectivity index (χ3v) is 2.99. The summed E-state index contributed by atoms with van der Waals surface area (Å²) >= 11 is 3.88. The van der Waals surface area contributed by atoms with E-state index in [-0.39, 0.29) is 11.8 Å². The van der Waals surface area contributed by atoms with Crippen LogP contribution in [0.4, 0.5) is 4.79 Å². The van der Waals surface area contributed by atoms with Crippen LogP contribution in [-0.2, 0) is 9.59 Å². The van der Waals surface area contributed by atoms with Gasteiger partial charge in [-0.1, -0.05) is 12.2 Å². The van der Waals surface area contributed by atoms with E-state index >= 15 is 0 Å². The highest BCUT2D eigenvalue weighted by Crippen LogP contribution is 2.27. The van der Waals surface area contributed by atoms with Gasteiger partial charge in [-0.15, -0.1) is 0 Å². The number of carboxylic acids is 1. The van der Waals surface area contributed by atoms with Gasteiger partial charge in [0.25, 0.3) is 5.91 Å². The lowest BCUT2D eigenvalue weighted by Crippen LogP contribution is -2.48. The number of imide groups is 1. The molecule has 0 aliphatic carbocycles. The van der Waals surface area contributed by atoms with Crippen LogP contribution in [0.5, 0.6) is 0 Å². The van der Waals surface area contributed by atoms with Gasteiger partial charge in [-0.2, -0.15) is 12.6 Å². The van der Waals surface area contributed by atoms with Crippen molar-refractivity contribution >= 4 is 30.5 Å². The molecule has 0 aromatic heterocycles. The summed E-state index contributed by atoms with van der Waals surface area (Å²) in [5.41, 5.74) is 0. The van der Waals surface area contributed by atoms with Gasteiger partial charge >= 0.3 is 12.0 Å². The Labute approximate surface area is 96.9 Å². The van der Waals surface area contributed by atoms with Crippen LogP contribution in [0.15, 0.2) is 12.2 Å². The third-order valence-electron chi connectivity index (χ3n) is 2.71. The maximum Gasteiger partial charge on any atom is 0.330 e.